The third-order valence-electron chi connectivity index (χ3n) is 4.29. The number of nitrogens with two attached hydrogens (primary N) is 1. The third-order valence-corrected chi connectivity index (χ3v) is 4.29. The Bertz CT molecular complexity index is 660. The van der Waals surface area contributed by atoms with Crippen LogP contribution in [0.4, 0.5) is 0 Å². The number of carbonyl (C=O) groups is 1. The van der Waals surface area contributed by atoms with Gasteiger partial charge in [0.25, 0.3) is 0 Å². The Hall–Kier alpha value is -1.93. The standard InChI is InChI=1S/C19H21NO/c20-13-18-5-2-1-4-17(18)12-19(21)11-14-8-9-15-6-3-7-16(15)10-14/h1-2,4-5,8-10H,3,6-7,11-13,20H2. The monoisotopic (exact) mass is 279 g/mol. The average molecular weight is 279 g/mol. The van der Waals surface area contributed by atoms with Gasteiger partial charge in [-0.1, -0.05) is 42.5 Å². The summed E-state index contributed by atoms with van der Waals surface area (Å²) < 4.78 is 0. The van der Waals surface area contributed by atoms with Crippen LogP contribution in [0, 0.1) is 0 Å². The van der Waals surface area contributed by atoms with Crippen molar-refractivity contribution in [1.29, 1.82) is 0 Å². The molecule has 0 heterocycles. The van der Waals surface area contributed by atoms with Crippen molar-refractivity contribution in [3.63, 3.8) is 0 Å². The van der Waals surface area contributed by atoms with Crippen LogP contribution >= 0.6 is 0 Å². The molecule has 2 N–H and O–H groups in total. The minimum atomic E-state index is 0.258. The van der Waals surface area contributed by atoms with Gasteiger partial charge in [-0.2, -0.15) is 0 Å². The van der Waals surface area contributed by atoms with E-state index in [9.17, 15) is 4.79 Å². The van der Waals surface area contributed by atoms with E-state index in [1.54, 1.807) is 0 Å². The molecule has 0 amide bonds. The number of Topliss-reactive ketones (excluding diaryl/α,β-unsaturated/α-hetero) is 1. The molecule has 0 fully saturated rings. The fourth-order valence-corrected chi connectivity index (χ4v) is 3.17. The van der Waals surface area contributed by atoms with E-state index >= 15 is 0 Å². The van der Waals surface area contributed by atoms with Crippen molar-refractivity contribution in [2.45, 2.75) is 38.6 Å². The van der Waals surface area contributed by atoms with E-state index in [2.05, 4.69) is 18.2 Å². The van der Waals surface area contributed by atoms with Crippen LogP contribution in [0.3, 0.4) is 0 Å². The number of benzene rings is 2. The molecule has 0 saturated heterocycles. The second-order valence-corrected chi connectivity index (χ2v) is 5.82. The van der Waals surface area contributed by atoms with Gasteiger partial charge in [0.1, 0.15) is 5.78 Å². The quantitative estimate of drug-likeness (QED) is 0.914. The van der Waals surface area contributed by atoms with Crippen LogP contribution in [0.15, 0.2) is 42.5 Å². The lowest BCUT2D eigenvalue weighted by Gasteiger charge is -2.08. The van der Waals surface area contributed by atoms with Crippen molar-refractivity contribution in [2.75, 3.05) is 0 Å². The van der Waals surface area contributed by atoms with Gasteiger partial charge in [0.2, 0.25) is 0 Å². The van der Waals surface area contributed by atoms with Gasteiger partial charge in [-0.25, -0.2) is 0 Å². The zero-order chi connectivity index (χ0) is 14.7. The molecule has 0 unspecified atom stereocenters. The molecule has 0 atom stereocenters. The lowest BCUT2D eigenvalue weighted by atomic mass is 9.97. The van der Waals surface area contributed by atoms with Gasteiger partial charge in [-0.15, -0.1) is 0 Å². The van der Waals surface area contributed by atoms with Crippen molar-refractivity contribution < 1.29 is 4.79 Å². The van der Waals surface area contributed by atoms with E-state index in [4.69, 9.17) is 5.73 Å². The summed E-state index contributed by atoms with van der Waals surface area (Å²) in [6.07, 6.45) is 4.59. The van der Waals surface area contributed by atoms with Gasteiger partial charge < -0.3 is 5.73 Å². The number of carbonyl (C=O) groups excluding carboxylic acids is 1. The minimum Gasteiger partial charge on any atom is -0.326 e. The molecule has 0 radical (unpaired) electrons. The summed E-state index contributed by atoms with van der Waals surface area (Å²) in [5.41, 5.74) is 11.9. The van der Waals surface area contributed by atoms with Crippen LogP contribution in [-0.4, -0.2) is 5.78 Å². The molecule has 0 saturated carbocycles. The van der Waals surface area contributed by atoms with Crippen LogP contribution in [0.2, 0.25) is 0 Å². The summed E-state index contributed by atoms with van der Waals surface area (Å²) in [6.45, 7) is 0.488. The van der Waals surface area contributed by atoms with Gasteiger partial charge in [-0.05, 0) is 47.1 Å². The fourth-order valence-electron chi connectivity index (χ4n) is 3.17. The summed E-state index contributed by atoms with van der Waals surface area (Å²) in [5.74, 6) is 0.258. The molecular weight excluding hydrogens is 258 g/mol. The predicted octanol–water partition coefficient (Wildman–Crippen LogP) is 2.99. The maximum absolute atomic E-state index is 12.3. The summed E-state index contributed by atoms with van der Waals surface area (Å²) in [7, 11) is 0. The largest absolute Gasteiger partial charge is 0.326 e. The molecule has 108 valence electrons. The Morgan fingerprint density at radius 2 is 1.71 bits per heavy atom. The minimum absolute atomic E-state index is 0.258. The van der Waals surface area contributed by atoms with E-state index < -0.39 is 0 Å². The first-order valence-corrected chi connectivity index (χ1v) is 7.65. The Labute approximate surface area is 126 Å². The molecule has 21 heavy (non-hydrogen) atoms. The second kappa shape index (κ2) is 6.23. The normalized spacial score (nSPS) is 13.2. The van der Waals surface area contributed by atoms with Gasteiger partial charge in [0.15, 0.2) is 0 Å². The van der Waals surface area contributed by atoms with Crippen molar-refractivity contribution in [3.05, 3.63) is 70.3 Å². The van der Waals surface area contributed by atoms with Crippen LogP contribution < -0.4 is 5.73 Å². The van der Waals surface area contributed by atoms with Gasteiger partial charge in [-0.3, -0.25) is 4.79 Å². The number of ketones is 1. The van der Waals surface area contributed by atoms with Gasteiger partial charge >= 0.3 is 0 Å². The molecule has 0 bridgehead atoms. The maximum Gasteiger partial charge on any atom is 0.141 e. The molecule has 1 aliphatic carbocycles. The highest BCUT2D eigenvalue weighted by molar-refractivity contribution is 5.83. The summed E-state index contributed by atoms with van der Waals surface area (Å²) in [6, 6.07) is 14.5. The van der Waals surface area contributed by atoms with Crippen molar-refractivity contribution in [1.82, 2.24) is 0 Å². The van der Waals surface area contributed by atoms with E-state index in [1.807, 2.05) is 24.3 Å². The number of fused-ring (bicyclic) bond motifs is 1. The Balaban J connectivity index is 1.69. The summed E-state index contributed by atoms with van der Waals surface area (Å²) in [4.78, 5) is 12.3. The number of hydrogen-bond acceptors (Lipinski definition) is 2. The first-order valence-electron chi connectivity index (χ1n) is 7.65. The first-order chi connectivity index (χ1) is 10.3. The highest BCUT2D eigenvalue weighted by Gasteiger charge is 2.13. The Kier molecular flexibility index (Phi) is 4.16. The smallest absolute Gasteiger partial charge is 0.141 e. The van der Waals surface area contributed by atoms with Crippen LogP contribution in [-0.2, 0) is 37.0 Å². The van der Waals surface area contributed by atoms with Gasteiger partial charge in [0, 0.05) is 19.4 Å². The van der Waals surface area contributed by atoms with E-state index in [0.29, 0.717) is 19.4 Å². The van der Waals surface area contributed by atoms with Crippen molar-refractivity contribution in [3.8, 4) is 0 Å². The molecular formula is C19H21NO. The second-order valence-electron chi connectivity index (χ2n) is 5.82. The highest BCUT2D eigenvalue weighted by atomic mass is 16.1. The summed E-state index contributed by atoms with van der Waals surface area (Å²) >= 11 is 0. The zero-order valence-electron chi connectivity index (χ0n) is 12.3. The van der Waals surface area contributed by atoms with E-state index in [0.717, 1.165) is 23.1 Å². The lowest BCUT2D eigenvalue weighted by Crippen LogP contribution is -2.10. The summed E-state index contributed by atoms with van der Waals surface area (Å²) in [5, 5.41) is 0. The Morgan fingerprint density at radius 3 is 2.52 bits per heavy atom. The molecule has 0 spiro atoms. The Morgan fingerprint density at radius 1 is 0.952 bits per heavy atom. The molecule has 0 aromatic heterocycles. The maximum atomic E-state index is 12.3. The molecule has 2 nitrogen and oxygen atoms in total. The molecule has 2 heteroatoms. The molecule has 3 rings (SSSR count). The fraction of sp³-hybridized carbons (Fsp3) is 0.316. The topological polar surface area (TPSA) is 43.1 Å². The first kappa shape index (κ1) is 14.0. The van der Waals surface area contributed by atoms with Crippen molar-refractivity contribution in [2.24, 2.45) is 5.73 Å². The van der Waals surface area contributed by atoms with E-state index in [1.165, 1.54) is 24.0 Å². The van der Waals surface area contributed by atoms with Crippen LogP contribution in [0.25, 0.3) is 0 Å². The highest BCUT2D eigenvalue weighted by Crippen LogP contribution is 2.23. The molecule has 2 aromatic rings. The number of rotatable bonds is 5. The molecule has 2 aromatic carbocycles. The predicted molar refractivity (Wildman–Crippen MR) is 85.2 cm³/mol. The SMILES string of the molecule is NCc1ccccc1CC(=O)Cc1ccc2c(c1)CCC2. The lowest BCUT2D eigenvalue weighted by molar-refractivity contribution is -0.117. The molecule has 0 aliphatic heterocycles. The van der Waals surface area contributed by atoms with Gasteiger partial charge in [0.05, 0.1) is 0 Å². The van der Waals surface area contributed by atoms with Crippen LogP contribution in [0.5, 0.6) is 0 Å². The average Bonchev–Trinajstić information content (AvgIpc) is 2.95. The van der Waals surface area contributed by atoms with Crippen molar-refractivity contribution >= 4 is 5.78 Å². The number of aryl methyl sites for hydroxylation is 2. The molecule has 1 aliphatic rings. The third kappa shape index (κ3) is 3.22. The zero-order valence-corrected chi connectivity index (χ0v) is 12.3. The van der Waals surface area contributed by atoms with Crippen LogP contribution in [0.1, 0.15) is 34.2 Å². The number of hydrogen-bond donors (Lipinski definition) is 1. The van der Waals surface area contributed by atoms with E-state index in [-0.39, 0.29) is 5.78 Å².